The number of quaternary nitrogens is 1. The number of morpholine rings is 1. The molecule has 6 rings (SSSR count). The number of anilines is 2. The van der Waals surface area contributed by atoms with Crippen molar-refractivity contribution in [3.8, 4) is 0 Å². The summed E-state index contributed by atoms with van der Waals surface area (Å²) in [7, 11) is 4.60. The lowest BCUT2D eigenvalue weighted by atomic mass is 9.90. The van der Waals surface area contributed by atoms with E-state index in [-0.39, 0.29) is 0 Å². The molecule has 3 aliphatic rings. The molecule has 2 fully saturated rings. The van der Waals surface area contributed by atoms with Crippen LogP contribution in [0.25, 0.3) is 20.4 Å². The van der Waals surface area contributed by atoms with Crippen LogP contribution in [0, 0.1) is 0 Å². The van der Waals surface area contributed by atoms with Crippen molar-refractivity contribution in [3.05, 3.63) is 11.1 Å². The van der Waals surface area contributed by atoms with Gasteiger partial charge in [-0.3, -0.25) is 0 Å². The molecule has 9 heteroatoms. The normalized spacial score (nSPS) is 21.6. The summed E-state index contributed by atoms with van der Waals surface area (Å²) in [5.41, 5.74) is 3.88. The highest BCUT2D eigenvalue weighted by Gasteiger charge is 2.30. The first-order chi connectivity index (χ1) is 15.1. The quantitative estimate of drug-likeness (QED) is 0.566. The number of pyridine rings is 1. The SMILES string of the molecule is C[N+]1(C)CCN(c2nnnc3c2sc2nc(N4CCOCC4)c4c(c23)CCCC4)CC1. The molecule has 0 bridgehead atoms. The monoisotopic (exact) mass is 440 g/mol. The van der Waals surface area contributed by atoms with E-state index in [0.29, 0.717) is 0 Å². The Hall–Kier alpha value is -2.10. The van der Waals surface area contributed by atoms with Gasteiger partial charge < -0.3 is 19.0 Å². The van der Waals surface area contributed by atoms with Gasteiger partial charge in [0.25, 0.3) is 0 Å². The van der Waals surface area contributed by atoms with E-state index in [1.807, 2.05) is 0 Å². The van der Waals surface area contributed by atoms with Crippen LogP contribution in [0.3, 0.4) is 0 Å². The number of ether oxygens (including phenoxy) is 1. The van der Waals surface area contributed by atoms with Crippen molar-refractivity contribution in [2.45, 2.75) is 25.7 Å². The van der Waals surface area contributed by atoms with Crippen LogP contribution in [-0.4, -0.2) is 91.5 Å². The highest BCUT2D eigenvalue weighted by Crippen LogP contribution is 2.43. The van der Waals surface area contributed by atoms with Crippen molar-refractivity contribution in [3.63, 3.8) is 0 Å². The van der Waals surface area contributed by atoms with Gasteiger partial charge in [-0.2, -0.15) is 0 Å². The van der Waals surface area contributed by atoms with Crippen LogP contribution >= 0.6 is 11.3 Å². The maximum atomic E-state index is 5.60. The first kappa shape index (κ1) is 19.6. The molecule has 2 aliphatic heterocycles. The summed E-state index contributed by atoms with van der Waals surface area (Å²) in [6, 6.07) is 0. The van der Waals surface area contributed by atoms with E-state index in [4.69, 9.17) is 9.72 Å². The fourth-order valence-electron chi connectivity index (χ4n) is 5.22. The van der Waals surface area contributed by atoms with Crippen LogP contribution < -0.4 is 9.80 Å². The first-order valence-electron chi connectivity index (χ1n) is 11.5. The number of aryl methyl sites for hydroxylation is 1. The number of thiophene rings is 1. The van der Waals surface area contributed by atoms with Crippen LogP contribution in [0.2, 0.25) is 0 Å². The summed E-state index contributed by atoms with van der Waals surface area (Å²) in [4.78, 5) is 11.1. The Morgan fingerprint density at radius 3 is 2.35 bits per heavy atom. The number of aromatic nitrogens is 4. The topological polar surface area (TPSA) is 67.3 Å². The largest absolute Gasteiger partial charge is 0.378 e. The Kier molecular flexibility index (Phi) is 4.73. The highest BCUT2D eigenvalue weighted by atomic mass is 32.1. The molecule has 1 aliphatic carbocycles. The second-order valence-corrected chi connectivity index (χ2v) is 10.6. The minimum Gasteiger partial charge on any atom is -0.378 e. The van der Waals surface area contributed by atoms with E-state index in [0.717, 1.165) is 90.7 Å². The Morgan fingerprint density at radius 2 is 1.58 bits per heavy atom. The van der Waals surface area contributed by atoms with Crippen molar-refractivity contribution in [2.24, 2.45) is 0 Å². The van der Waals surface area contributed by atoms with Crippen molar-refractivity contribution in [2.75, 3.05) is 76.4 Å². The number of fused-ring (bicyclic) bond motifs is 5. The van der Waals surface area contributed by atoms with Crippen molar-refractivity contribution in [1.29, 1.82) is 0 Å². The van der Waals surface area contributed by atoms with Crippen molar-refractivity contribution < 1.29 is 9.22 Å². The zero-order valence-corrected chi connectivity index (χ0v) is 19.2. The number of piperazine rings is 1. The second-order valence-electron chi connectivity index (χ2n) is 9.64. The predicted octanol–water partition coefficient (Wildman–Crippen LogP) is 2.25. The average molecular weight is 441 g/mol. The van der Waals surface area contributed by atoms with Gasteiger partial charge in [-0.25, -0.2) is 4.98 Å². The van der Waals surface area contributed by atoms with Crippen molar-refractivity contribution in [1.82, 2.24) is 20.4 Å². The van der Waals surface area contributed by atoms with Gasteiger partial charge in [0.2, 0.25) is 0 Å². The molecule has 164 valence electrons. The third-order valence-corrected chi connectivity index (χ3v) is 8.23. The molecule has 5 heterocycles. The molecule has 0 radical (unpaired) electrons. The Labute approximate surface area is 186 Å². The van der Waals surface area contributed by atoms with E-state index >= 15 is 0 Å². The summed E-state index contributed by atoms with van der Waals surface area (Å²) in [5, 5.41) is 14.5. The maximum Gasteiger partial charge on any atom is 0.173 e. The van der Waals surface area contributed by atoms with Gasteiger partial charge >= 0.3 is 0 Å². The number of hydrogen-bond acceptors (Lipinski definition) is 8. The van der Waals surface area contributed by atoms with E-state index in [1.165, 1.54) is 35.2 Å². The molecular weight excluding hydrogens is 410 g/mol. The van der Waals surface area contributed by atoms with E-state index in [1.54, 1.807) is 11.3 Å². The molecule has 0 unspecified atom stereocenters. The van der Waals surface area contributed by atoms with E-state index in [2.05, 4.69) is 39.3 Å². The molecule has 0 atom stereocenters. The van der Waals surface area contributed by atoms with E-state index in [9.17, 15) is 0 Å². The lowest BCUT2D eigenvalue weighted by Crippen LogP contribution is -2.55. The summed E-state index contributed by atoms with van der Waals surface area (Å²) >= 11 is 1.75. The summed E-state index contributed by atoms with van der Waals surface area (Å²) in [6.07, 6.45) is 4.68. The average Bonchev–Trinajstić information content (AvgIpc) is 3.18. The fourth-order valence-corrected chi connectivity index (χ4v) is 6.37. The minimum absolute atomic E-state index is 0.782. The number of hydrogen-bond donors (Lipinski definition) is 0. The van der Waals surface area contributed by atoms with Gasteiger partial charge in [-0.15, -0.1) is 21.5 Å². The molecule has 2 saturated heterocycles. The summed E-state index contributed by atoms with van der Waals surface area (Å²) in [5.74, 6) is 2.17. The Bertz CT molecular complexity index is 1130. The molecule has 3 aromatic rings. The zero-order chi connectivity index (χ0) is 21.0. The standard InChI is InChI=1S/C22H30N7OS/c1-29(2)11-7-27(8-12-29)21-19-18(24-26-25-21)17-15-5-3-4-6-16(15)20(23-22(17)31-19)28-9-13-30-14-10-28/h3-14H2,1-2H3/q+1. The molecule has 0 saturated carbocycles. The van der Waals surface area contributed by atoms with E-state index < -0.39 is 0 Å². The molecule has 3 aromatic heterocycles. The van der Waals surface area contributed by atoms with Gasteiger partial charge in [0.1, 0.15) is 20.9 Å². The van der Waals surface area contributed by atoms with Crippen LogP contribution in [-0.2, 0) is 17.6 Å². The molecule has 0 amide bonds. The second kappa shape index (κ2) is 7.50. The Balaban J connectivity index is 1.51. The lowest BCUT2D eigenvalue weighted by molar-refractivity contribution is -0.890. The third kappa shape index (κ3) is 3.34. The molecule has 0 aromatic carbocycles. The fraction of sp³-hybridized carbons (Fsp3) is 0.636. The molecule has 31 heavy (non-hydrogen) atoms. The third-order valence-electron chi connectivity index (χ3n) is 7.16. The Morgan fingerprint density at radius 1 is 0.871 bits per heavy atom. The van der Waals surface area contributed by atoms with Crippen LogP contribution in [0.5, 0.6) is 0 Å². The number of rotatable bonds is 2. The molecule has 0 N–H and O–H groups in total. The number of likely N-dealkylation sites (N-methyl/N-ethyl adjacent to an activating group) is 1. The van der Waals surface area contributed by atoms with Crippen molar-refractivity contribution >= 4 is 43.4 Å². The zero-order valence-electron chi connectivity index (χ0n) is 18.4. The van der Waals surface area contributed by atoms with Gasteiger partial charge in [0.15, 0.2) is 5.82 Å². The smallest absolute Gasteiger partial charge is 0.173 e. The highest BCUT2D eigenvalue weighted by molar-refractivity contribution is 7.26. The van der Waals surface area contributed by atoms with Gasteiger partial charge in [0.05, 0.1) is 53.5 Å². The predicted molar refractivity (Wildman–Crippen MR) is 124 cm³/mol. The minimum atomic E-state index is 0.782. The van der Waals surface area contributed by atoms with Crippen LogP contribution in [0.15, 0.2) is 0 Å². The molecule has 0 spiro atoms. The van der Waals surface area contributed by atoms with Crippen LogP contribution in [0.4, 0.5) is 11.6 Å². The maximum absolute atomic E-state index is 5.60. The number of nitrogens with zero attached hydrogens (tertiary/aromatic N) is 7. The lowest BCUT2D eigenvalue weighted by Gasteiger charge is -2.39. The first-order valence-corrected chi connectivity index (χ1v) is 12.3. The molecule has 8 nitrogen and oxygen atoms in total. The summed E-state index contributed by atoms with van der Waals surface area (Å²) < 4.78 is 7.81. The van der Waals surface area contributed by atoms with Crippen LogP contribution in [0.1, 0.15) is 24.0 Å². The van der Waals surface area contributed by atoms with Gasteiger partial charge in [-0.05, 0) is 42.0 Å². The molecular formula is C22H30N7OS+. The summed E-state index contributed by atoms with van der Waals surface area (Å²) in [6.45, 7) is 7.64. The van der Waals surface area contributed by atoms with Gasteiger partial charge in [0, 0.05) is 18.5 Å². The van der Waals surface area contributed by atoms with Gasteiger partial charge in [-0.1, -0.05) is 0 Å².